The van der Waals surface area contributed by atoms with E-state index in [1.165, 1.54) is 4.90 Å². The fraction of sp³-hybridized carbons (Fsp3) is 0.800. The fourth-order valence-corrected chi connectivity index (χ4v) is 1.12. The summed E-state index contributed by atoms with van der Waals surface area (Å²) in [6, 6.07) is 0. The molecule has 0 heterocycles. The summed E-state index contributed by atoms with van der Waals surface area (Å²) in [5, 5.41) is 0. The number of rotatable bonds is 8. The molecular formula is C10H20N2O3. The van der Waals surface area contributed by atoms with Gasteiger partial charge in [0, 0.05) is 19.6 Å². The Morgan fingerprint density at radius 3 is 2.40 bits per heavy atom. The van der Waals surface area contributed by atoms with Gasteiger partial charge in [0.2, 0.25) is 11.8 Å². The fourth-order valence-electron chi connectivity index (χ4n) is 1.12. The van der Waals surface area contributed by atoms with Gasteiger partial charge in [-0.1, -0.05) is 13.8 Å². The summed E-state index contributed by atoms with van der Waals surface area (Å²) >= 11 is 0. The van der Waals surface area contributed by atoms with Crippen LogP contribution >= 0.6 is 0 Å². The van der Waals surface area contributed by atoms with Gasteiger partial charge in [-0.25, -0.2) is 0 Å². The molecule has 5 nitrogen and oxygen atoms in total. The molecule has 0 aromatic rings. The average Bonchev–Trinajstić information content (AvgIpc) is 2.21. The average molecular weight is 216 g/mol. The molecule has 88 valence electrons. The minimum atomic E-state index is -0.493. The third-order valence-corrected chi connectivity index (χ3v) is 1.86. The van der Waals surface area contributed by atoms with E-state index in [9.17, 15) is 9.59 Å². The lowest BCUT2D eigenvalue weighted by Gasteiger charge is -2.20. The molecule has 0 aromatic carbocycles. The standard InChI is InChI=1S/C10H20N2O3/c1-3-6-15-7-5-12(8-9(11)13)10(14)4-2/h3-8H2,1-2H3,(H2,11,13). The number of ether oxygens (including phenoxy) is 1. The highest BCUT2D eigenvalue weighted by atomic mass is 16.5. The molecule has 0 aliphatic carbocycles. The molecule has 0 aromatic heterocycles. The van der Waals surface area contributed by atoms with Crippen LogP contribution in [-0.4, -0.2) is 43.0 Å². The summed E-state index contributed by atoms with van der Waals surface area (Å²) in [6.07, 6.45) is 1.32. The van der Waals surface area contributed by atoms with Crippen LogP contribution in [0.25, 0.3) is 0 Å². The van der Waals surface area contributed by atoms with Crippen molar-refractivity contribution in [2.75, 3.05) is 26.3 Å². The number of nitrogens with zero attached hydrogens (tertiary/aromatic N) is 1. The highest BCUT2D eigenvalue weighted by Crippen LogP contribution is 1.94. The van der Waals surface area contributed by atoms with E-state index in [4.69, 9.17) is 10.5 Å². The number of carbonyl (C=O) groups is 2. The van der Waals surface area contributed by atoms with E-state index in [2.05, 4.69) is 0 Å². The smallest absolute Gasteiger partial charge is 0.237 e. The number of hydrogen-bond acceptors (Lipinski definition) is 3. The molecule has 2 N–H and O–H groups in total. The van der Waals surface area contributed by atoms with Crippen molar-refractivity contribution in [3.63, 3.8) is 0 Å². The van der Waals surface area contributed by atoms with Crippen LogP contribution in [-0.2, 0) is 14.3 Å². The summed E-state index contributed by atoms with van der Waals surface area (Å²) in [4.78, 5) is 23.5. The third-order valence-electron chi connectivity index (χ3n) is 1.86. The largest absolute Gasteiger partial charge is 0.380 e. The van der Waals surface area contributed by atoms with E-state index in [-0.39, 0.29) is 12.5 Å². The van der Waals surface area contributed by atoms with E-state index >= 15 is 0 Å². The van der Waals surface area contributed by atoms with Crippen molar-refractivity contribution in [2.24, 2.45) is 5.73 Å². The zero-order chi connectivity index (χ0) is 11.7. The van der Waals surface area contributed by atoms with Gasteiger partial charge in [-0.3, -0.25) is 9.59 Å². The van der Waals surface area contributed by atoms with Gasteiger partial charge in [0.25, 0.3) is 0 Å². The van der Waals surface area contributed by atoms with Gasteiger partial charge in [0.1, 0.15) is 0 Å². The normalized spacial score (nSPS) is 10.0. The zero-order valence-electron chi connectivity index (χ0n) is 9.49. The van der Waals surface area contributed by atoms with E-state index in [1.54, 1.807) is 6.92 Å². The van der Waals surface area contributed by atoms with Crippen LogP contribution in [0.2, 0.25) is 0 Å². The van der Waals surface area contributed by atoms with Gasteiger partial charge in [0.05, 0.1) is 13.2 Å². The molecule has 0 spiro atoms. The Morgan fingerprint density at radius 2 is 1.93 bits per heavy atom. The molecule has 0 aliphatic rings. The second kappa shape index (κ2) is 8.23. The van der Waals surface area contributed by atoms with Crippen LogP contribution < -0.4 is 5.73 Å². The first-order chi connectivity index (χ1) is 7.11. The minimum Gasteiger partial charge on any atom is -0.380 e. The number of amides is 2. The van der Waals surface area contributed by atoms with Crippen LogP contribution in [0.3, 0.4) is 0 Å². The zero-order valence-corrected chi connectivity index (χ0v) is 9.49. The SMILES string of the molecule is CCCOCCN(CC(N)=O)C(=O)CC. The Hall–Kier alpha value is -1.10. The highest BCUT2D eigenvalue weighted by molar-refractivity contribution is 5.83. The monoisotopic (exact) mass is 216 g/mol. The van der Waals surface area contributed by atoms with Gasteiger partial charge >= 0.3 is 0 Å². The highest BCUT2D eigenvalue weighted by Gasteiger charge is 2.13. The van der Waals surface area contributed by atoms with Crippen LogP contribution in [0.5, 0.6) is 0 Å². The van der Waals surface area contributed by atoms with Crippen LogP contribution in [0.15, 0.2) is 0 Å². The summed E-state index contributed by atoms with van der Waals surface area (Å²) in [5.41, 5.74) is 5.04. The van der Waals surface area contributed by atoms with Crippen molar-refractivity contribution in [3.8, 4) is 0 Å². The van der Waals surface area contributed by atoms with Crippen molar-refractivity contribution < 1.29 is 14.3 Å². The van der Waals surface area contributed by atoms with Crippen LogP contribution in [0.1, 0.15) is 26.7 Å². The molecular weight excluding hydrogens is 196 g/mol. The van der Waals surface area contributed by atoms with Crippen molar-refractivity contribution in [1.82, 2.24) is 4.90 Å². The van der Waals surface area contributed by atoms with Gasteiger partial charge in [0.15, 0.2) is 0 Å². The predicted molar refractivity (Wildman–Crippen MR) is 57.2 cm³/mol. The third kappa shape index (κ3) is 6.90. The summed E-state index contributed by atoms with van der Waals surface area (Å²) in [6.45, 7) is 5.29. The second-order valence-corrected chi connectivity index (χ2v) is 3.25. The lowest BCUT2D eigenvalue weighted by molar-refractivity contribution is -0.135. The maximum absolute atomic E-state index is 11.4. The number of primary amides is 1. The molecule has 0 aliphatic heterocycles. The quantitative estimate of drug-likeness (QED) is 0.586. The van der Waals surface area contributed by atoms with Gasteiger partial charge < -0.3 is 15.4 Å². The van der Waals surface area contributed by atoms with Crippen molar-refractivity contribution in [1.29, 1.82) is 0 Å². The molecule has 0 rings (SSSR count). The van der Waals surface area contributed by atoms with E-state index < -0.39 is 5.91 Å². The van der Waals surface area contributed by atoms with Crippen molar-refractivity contribution in [2.45, 2.75) is 26.7 Å². The molecule has 0 bridgehead atoms. The summed E-state index contributed by atoms with van der Waals surface area (Å²) in [5.74, 6) is -0.568. The van der Waals surface area contributed by atoms with E-state index in [1.807, 2.05) is 6.92 Å². The van der Waals surface area contributed by atoms with Gasteiger partial charge in [-0.05, 0) is 6.42 Å². The second-order valence-electron chi connectivity index (χ2n) is 3.25. The Kier molecular flexibility index (Phi) is 7.62. The molecule has 0 saturated heterocycles. The summed E-state index contributed by atoms with van der Waals surface area (Å²) < 4.78 is 5.24. The number of carbonyl (C=O) groups excluding carboxylic acids is 2. The molecule has 0 atom stereocenters. The Balaban J connectivity index is 3.90. The Bertz CT molecular complexity index is 207. The minimum absolute atomic E-state index is 0.0256. The Labute approximate surface area is 90.6 Å². The molecule has 2 amide bonds. The van der Waals surface area contributed by atoms with Gasteiger partial charge in [-0.15, -0.1) is 0 Å². The van der Waals surface area contributed by atoms with E-state index in [0.717, 1.165) is 6.42 Å². The molecule has 0 radical (unpaired) electrons. The predicted octanol–water partition coefficient (Wildman–Crippen LogP) is 0.137. The molecule has 0 fully saturated rings. The van der Waals surface area contributed by atoms with Crippen molar-refractivity contribution in [3.05, 3.63) is 0 Å². The lowest BCUT2D eigenvalue weighted by Crippen LogP contribution is -2.40. The molecule has 0 saturated carbocycles. The molecule has 5 heteroatoms. The first-order valence-electron chi connectivity index (χ1n) is 5.25. The molecule has 0 unspecified atom stereocenters. The first kappa shape index (κ1) is 13.9. The maximum atomic E-state index is 11.4. The summed E-state index contributed by atoms with van der Waals surface area (Å²) in [7, 11) is 0. The Morgan fingerprint density at radius 1 is 1.27 bits per heavy atom. The number of nitrogens with two attached hydrogens (primary N) is 1. The van der Waals surface area contributed by atoms with Crippen LogP contribution in [0.4, 0.5) is 0 Å². The van der Waals surface area contributed by atoms with Crippen molar-refractivity contribution >= 4 is 11.8 Å². The van der Waals surface area contributed by atoms with Crippen LogP contribution in [0, 0.1) is 0 Å². The topological polar surface area (TPSA) is 72.6 Å². The van der Waals surface area contributed by atoms with E-state index in [0.29, 0.717) is 26.2 Å². The first-order valence-corrected chi connectivity index (χ1v) is 5.25. The lowest BCUT2D eigenvalue weighted by atomic mass is 10.3. The van der Waals surface area contributed by atoms with Gasteiger partial charge in [-0.2, -0.15) is 0 Å². The number of hydrogen-bond donors (Lipinski definition) is 1. The molecule has 15 heavy (non-hydrogen) atoms. The maximum Gasteiger partial charge on any atom is 0.237 e.